The molecule has 0 amide bonds. The Morgan fingerprint density at radius 2 is 0.889 bits per heavy atom. The molecule has 0 aromatic carbocycles. The number of hydrogen-bond donors (Lipinski definition) is 0. The van der Waals surface area contributed by atoms with Crippen molar-refractivity contribution in [1.82, 2.24) is 0 Å². The first-order chi connectivity index (χ1) is 8.36. The summed E-state index contributed by atoms with van der Waals surface area (Å²) >= 11 is 0. The van der Waals surface area contributed by atoms with Crippen molar-refractivity contribution in [3.63, 3.8) is 0 Å². The van der Waals surface area contributed by atoms with E-state index in [2.05, 4.69) is 40.3 Å². The minimum atomic E-state index is 0.907. The Kier molecular flexibility index (Phi) is 2.05. The summed E-state index contributed by atoms with van der Waals surface area (Å²) in [6, 6.07) is 0. The van der Waals surface area contributed by atoms with Crippen LogP contribution in [0, 0.1) is 35.5 Å². The average Bonchev–Trinajstić information content (AvgIpc) is 2.72. The lowest BCUT2D eigenvalue weighted by Gasteiger charge is -2.45. The summed E-state index contributed by atoms with van der Waals surface area (Å²) in [5.41, 5.74) is 0. The number of quaternary nitrogens is 2. The van der Waals surface area contributed by atoms with E-state index in [9.17, 15) is 0 Å². The summed E-state index contributed by atoms with van der Waals surface area (Å²) in [6.45, 7) is 5.69. The molecule has 6 atom stereocenters. The van der Waals surface area contributed by atoms with Gasteiger partial charge in [-0.2, -0.15) is 0 Å². The number of nitrogens with zero attached hydrogens (tertiary/aromatic N) is 2. The molecular formula is C16H28N2+2. The van der Waals surface area contributed by atoms with Crippen LogP contribution >= 0.6 is 0 Å². The normalized spacial score (nSPS) is 54.4. The molecule has 3 fully saturated rings. The molecule has 2 heterocycles. The fraction of sp³-hybridized carbons (Fsp3) is 0.875. The molecular weight excluding hydrogens is 220 g/mol. The molecule has 5 rings (SSSR count). The first kappa shape index (κ1) is 11.5. The van der Waals surface area contributed by atoms with Crippen LogP contribution in [0.1, 0.15) is 0 Å². The van der Waals surface area contributed by atoms with Crippen LogP contribution in [0.3, 0.4) is 0 Å². The molecule has 0 radical (unpaired) electrons. The summed E-state index contributed by atoms with van der Waals surface area (Å²) in [6.07, 6.45) is 5.23. The van der Waals surface area contributed by atoms with E-state index >= 15 is 0 Å². The van der Waals surface area contributed by atoms with Crippen molar-refractivity contribution in [1.29, 1.82) is 0 Å². The lowest BCUT2D eigenvalue weighted by molar-refractivity contribution is -0.883. The van der Waals surface area contributed by atoms with Gasteiger partial charge >= 0.3 is 0 Å². The maximum atomic E-state index is 2.61. The maximum absolute atomic E-state index is 2.61. The maximum Gasteiger partial charge on any atom is 0.0822 e. The summed E-state index contributed by atoms with van der Waals surface area (Å²) in [5.74, 6) is 5.79. The van der Waals surface area contributed by atoms with Gasteiger partial charge in [-0.25, -0.2) is 0 Å². The lowest BCUT2D eigenvalue weighted by atomic mass is 9.55. The Bertz CT molecular complexity index is 343. The van der Waals surface area contributed by atoms with E-state index in [0.29, 0.717) is 0 Å². The number of likely N-dealkylation sites (tertiary alicyclic amines) is 2. The van der Waals surface area contributed by atoms with Gasteiger partial charge in [0.1, 0.15) is 0 Å². The van der Waals surface area contributed by atoms with Gasteiger partial charge in [0.05, 0.1) is 54.4 Å². The highest BCUT2D eigenvalue weighted by atomic mass is 15.3. The Morgan fingerprint density at radius 1 is 0.611 bits per heavy atom. The molecule has 2 nitrogen and oxygen atoms in total. The zero-order valence-electron chi connectivity index (χ0n) is 12.3. The van der Waals surface area contributed by atoms with Gasteiger partial charge in [-0.3, -0.25) is 0 Å². The fourth-order valence-electron chi connectivity index (χ4n) is 6.06. The third-order valence-electron chi connectivity index (χ3n) is 6.45. The third-order valence-corrected chi connectivity index (χ3v) is 6.45. The smallest absolute Gasteiger partial charge is 0.0822 e. The summed E-state index contributed by atoms with van der Waals surface area (Å²) in [5, 5.41) is 0. The van der Waals surface area contributed by atoms with Gasteiger partial charge in [0, 0.05) is 23.7 Å². The van der Waals surface area contributed by atoms with Crippen LogP contribution in [0.25, 0.3) is 0 Å². The van der Waals surface area contributed by atoms with Crippen LogP contribution in [0.4, 0.5) is 0 Å². The van der Waals surface area contributed by atoms with Gasteiger partial charge < -0.3 is 8.97 Å². The second-order valence-corrected chi connectivity index (χ2v) is 8.80. The molecule has 2 aliphatic heterocycles. The van der Waals surface area contributed by atoms with Crippen LogP contribution in [0.15, 0.2) is 12.2 Å². The predicted molar refractivity (Wildman–Crippen MR) is 73.8 cm³/mol. The number of rotatable bonds is 0. The van der Waals surface area contributed by atoms with Gasteiger partial charge in [-0.05, 0) is 11.8 Å². The van der Waals surface area contributed by atoms with Gasteiger partial charge in [0.15, 0.2) is 0 Å². The second kappa shape index (κ2) is 3.21. The molecule has 2 saturated heterocycles. The molecule has 0 N–H and O–H groups in total. The van der Waals surface area contributed by atoms with Crippen LogP contribution in [-0.2, 0) is 0 Å². The summed E-state index contributed by atoms with van der Waals surface area (Å²) in [7, 11) is 9.75. The molecule has 2 bridgehead atoms. The van der Waals surface area contributed by atoms with Crippen LogP contribution in [0.5, 0.6) is 0 Å². The van der Waals surface area contributed by atoms with E-state index in [0.717, 1.165) is 35.5 Å². The Labute approximate surface area is 111 Å². The van der Waals surface area contributed by atoms with E-state index in [-0.39, 0.29) is 0 Å². The largest absolute Gasteiger partial charge is 0.328 e. The molecule has 0 aromatic heterocycles. The summed E-state index contributed by atoms with van der Waals surface area (Å²) in [4.78, 5) is 0. The van der Waals surface area contributed by atoms with Crippen LogP contribution in [-0.4, -0.2) is 63.3 Å². The quantitative estimate of drug-likeness (QED) is 0.450. The Balaban J connectivity index is 1.70. The van der Waals surface area contributed by atoms with Crippen molar-refractivity contribution in [2.24, 2.45) is 35.5 Å². The number of hydrogen-bond acceptors (Lipinski definition) is 0. The highest BCUT2D eigenvalue weighted by molar-refractivity contribution is 5.17. The van der Waals surface area contributed by atoms with Gasteiger partial charge in [-0.15, -0.1) is 0 Å². The Morgan fingerprint density at radius 3 is 1.17 bits per heavy atom. The zero-order valence-corrected chi connectivity index (χ0v) is 12.3. The van der Waals surface area contributed by atoms with Crippen molar-refractivity contribution in [3.05, 3.63) is 12.2 Å². The van der Waals surface area contributed by atoms with Gasteiger partial charge in [-0.1, -0.05) is 12.2 Å². The zero-order chi connectivity index (χ0) is 12.7. The first-order valence-corrected chi connectivity index (χ1v) is 7.69. The lowest BCUT2D eigenvalue weighted by Crippen LogP contribution is -2.47. The van der Waals surface area contributed by atoms with Gasteiger partial charge in [0.2, 0.25) is 0 Å². The van der Waals surface area contributed by atoms with E-state index in [1.165, 1.54) is 35.1 Å². The van der Waals surface area contributed by atoms with Crippen molar-refractivity contribution in [2.45, 2.75) is 0 Å². The molecule has 18 heavy (non-hydrogen) atoms. The Hall–Kier alpha value is -0.340. The molecule has 5 aliphatic rings. The van der Waals surface area contributed by atoms with Crippen molar-refractivity contribution >= 4 is 0 Å². The highest BCUT2D eigenvalue weighted by Crippen LogP contribution is 2.57. The van der Waals surface area contributed by atoms with Crippen molar-refractivity contribution < 1.29 is 8.97 Å². The molecule has 100 valence electrons. The number of allylic oxidation sites excluding steroid dienone is 2. The molecule has 2 heteroatoms. The highest BCUT2D eigenvalue weighted by Gasteiger charge is 2.62. The molecule has 1 saturated carbocycles. The topological polar surface area (TPSA) is 0 Å². The third kappa shape index (κ3) is 1.42. The van der Waals surface area contributed by atoms with E-state index < -0.39 is 0 Å². The van der Waals surface area contributed by atoms with E-state index in [1.807, 2.05) is 0 Å². The average molecular weight is 248 g/mol. The minimum absolute atomic E-state index is 0.907. The minimum Gasteiger partial charge on any atom is -0.328 e. The SMILES string of the molecule is C[N+]1(C)C[C@@H]2C3C=CC([C@H]4C[N+](C)(C)C[C@@H]34)[C@@H]2C1. The standard InChI is InChI=1S/C16H28N2/c1-17(2)7-13-11-5-6-12(14(13)8-17)16-10-18(3,4)9-15(11)16/h5-6,11-16H,7-10H2,1-4H3/q+2/t11?,12?,13-,14+,15+,16-. The molecule has 0 spiro atoms. The predicted octanol–water partition coefficient (Wildman–Crippen LogP) is 1.45. The van der Waals surface area contributed by atoms with Crippen LogP contribution < -0.4 is 0 Å². The van der Waals surface area contributed by atoms with E-state index in [1.54, 1.807) is 0 Å². The fourth-order valence-corrected chi connectivity index (χ4v) is 6.06. The van der Waals surface area contributed by atoms with Crippen molar-refractivity contribution in [3.8, 4) is 0 Å². The molecule has 2 unspecified atom stereocenters. The second-order valence-electron chi connectivity index (χ2n) is 8.80. The van der Waals surface area contributed by atoms with Crippen LogP contribution in [0.2, 0.25) is 0 Å². The molecule has 0 aromatic rings. The van der Waals surface area contributed by atoms with Crippen molar-refractivity contribution in [2.75, 3.05) is 54.4 Å². The monoisotopic (exact) mass is 248 g/mol. The van der Waals surface area contributed by atoms with Gasteiger partial charge in [0.25, 0.3) is 0 Å². The van der Waals surface area contributed by atoms with E-state index in [4.69, 9.17) is 0 Å². The molecule has 3 aliphatic carbocycles. The first-order valence-electron chi connectivity index (χ1n) is 7.69. The summed E-state index contributed by atoms with van der Waals surface area (Å²) < 4.78 is 2.53.